The van der Waals surface area contributed by atoms with Crippen LogP contribution in [0.5, 0.6) is 0 Å². The number of nitrogens with zero attached hydrogens (tertiary/aromatic N) is 3. The Balaban J connectivity index is 1.54. The monoisotopic (exact) mass is 490 g/mol. The largest absolute Gasteiger partial charge is 0.452 e. The maximum absolute atomic E-state index is 12.9. The highest BCUT2D eigenvalue weighted by Crippen LogP contribution is 2.25. The molecule has 11 heteroatoms. The van der Waals surface area contributed by atoms with Crippen LogP contribution >= 0.6 is 0 Å². The van der Waals surface area contributed by atoms with E-state index in [2.05, 4.69) is 10.4 Å². The minimum atomic E-state index is -3.73. The number of benzene rings is 1. The third-order valence-electron chi connectivity index (χ3n) is 5.76. The summed E-state index contributed by atoms with van der Waals surface area (Å²) in [5.41, 5.74) is 0.437. The highest BCUT2D eigenvalue weighted by Gasteiger charge is 2.34. The first-order valence-electron chi connectivity index (χ1n) is 11.2. The van der Waals surface area contributed by atoms with E-state index < -0.39 is 33.9 Å². The predicted molar refractivity (Wildman–Crippen MR) is 125 cm³/mol. The number of ether oxygens (including phenoxy) is 1. The van der Waals surface area contributed by atoms with Crippen molar-refractivity contribution in [3.05, 3.63) is 42.1 Å². The van der Waals surface area contributed by atoms with E-state index in [0.29, 0.717) is 11.4 Å². The van der Waals surface area contributed by atoms with Crippen LogP contribution in [0.3, 0.4) is 0 Å². The Morgan fingerprint density at radius 2 is 1.68 bits per heavy atom. The van der Waals surface area contributed by atoms with Crippen LogP contribution in [0.2, 0.25) is 0 Å². The van der Waals surface area contributed by atoms with Crippen LogP contribution in [0.4, 0.5) is 5.82 Å². The molecule has 0 bridgehead atoms. The molecule has 0 spiro atoms. The normalized spacial score (nSPS) is 16.3. The molecule has 1 unspecified atom stereocenters. The van der Waals surface area contributed by atoms with E-state index in [1.165, 1.54) is 42.4 Å². The Bertz CT molecular complexity index is 1150. The molecule has 1 N–H and O–H groups in total. The Morgan fingerprint density at radius 3 is 2.24 bits per heavy atom. The van der Waals surface area contributed by atoms with Gasteiger partial charge in [-0.25, -0.2) is 13.1 Å². The van der Waals surface area contributed by atoms with Crippen LogP contribution in [-0.4, -0.2) is 59.4 Å². The molecule has 34 heavy (non-hydrogen) atoms. The SMILES string of the molecule is CC(=O)c1ccc(S(=O)(=O)N2CCC(C(=O)OC(C)C(=O)Nc3ccnn3C(C)C)CC2)cc1. The van der Waals surface area contributed by atoms with Gasteiger partial charge in [-0.3, -0.25) is 14.4 Å². The van der Waals surface area contributed by atoms with Crippen molar-refractivity contribution < 1.29 is 27.5 Å². The lowest BCUT2D eigenvalue weighted by Crippen LogP contribution is -2.41. The van der Waals surface area contributed by atoms with Gasteiger partial charge in [-0.15, -0.1) is 0 Å². The number of Topliss-reactive ketones (excluding diaryl/α,β-unsaturated/α-hetero) is 1. The van der Waals surface area contributed by atoms with Gasteiger partial charge in [0.2, 0.25) is 10.0 Å². The number of aromatic nitrogens is 2. The Hall–Kier alpha value is -3.05. The van der Waals surface area contributed by atoms with E-state index in [0.717, 1.165) is 0 Å². The lowest BCUT2D eigenvalue weighted by Gasteiger charge is -2.30. The van der Waals surface area contributed by atoms with Crippen molar-refractivity contribution >= 4 is 33.5 Å². The van der Waals surface area contributed by atoms with Gasteiger partial charge in [0.1, 0.15) is 5.82 Å². The zero-order valence-electron chi connectivity index (χ0n) is 19.7. The van der Waals surface area contributed by atoms with Gasteiger partial charge >= 0.3 is 5.97 Å². The second-order valence-electron chi connectivity index (χ2n) is 8.58. The maximum atomic E-state index is 12.9. The summed E-state index contributed by atoms with van der Waals surface area (Å²) in [5, 5.41) is 6.86. The fourth-order valence-electron chi connectivity index (χ4n) is 3.72. The molecule has 1 fully saturated rings. The molecule has 0 saturated carbocycles. The highest BCUT2D eigenvalue weighted by atomic mass is 32.2. The van der Waals surface area contributed by atoms with Gasteiger partial charge in [0.25, 0.3) is 5.91 Å². The Labute approximate surface area is 199 Å². The average molecular weight is 491 g/mol. The second kappa shape index (κ2) is 10.5. The molecule has 1 amide bonds. The first kappa shape index (κ1) is 25.6. The minimum Gasteiger partial charge on any atom is -0.452 e. The van der Waals surface area contributed by atoms with Crippen molar-refractivity contribution in [2.24, 2.45) is 5.92 Å². The van der Waals surface area contributed by atoms with Gasteiger partial charge in [-0.05, 0) is 52.7 Å². The number of rotatable bonds is 8. The Morgan fingerprint density at radius 1 is 1.06 bits per heavy atom. The van der Waals surface area contributed by atoms with Gasteiger partial charge in [-0.2, -0.15) is 9.40 Å². The summed E-state index contributed by atoms with van der Waals surface area (Å²) in [6.07, 6.45) is 1.15. The van der Waals surface area contributed by atoms with Crippen LogP contribution in [0, 0.1) is 5.92 Å². The predicted octanol–water partition coefficient (Wildman–Crippen LogP) is 2.64. The van der Waals surface area contributed by atoms with E-state index >= 15 is 0 Å². The van der Waals surface area contributed by atoms with Crippen LogP contribution in [0.15, 0.2) is 41.4 Å². The molecule has 1 aliphatic rings. The first-order valence-corrected chi connectivity index (χ1v) is 12.6. The number of sulfonamides is 1. The van der Waals surface area contributed by atoms with Gasteiger partial charge < -0.3 is 10.1 Å². The van der Waals surface area contributed by atoms with Crippen LogP contribution in [-0.2, 0) is 24.3 Å². The van der Waals surface area contributed by atoms with Crippen LogP contribution < -0.4 is 5.32 Å². The number of nitrogens with one attached hydrogen (secondary N) is 1. The van der Waals surface area contributed by atoms with Crippen molar-refractivity contribution in [3.8, 4) is 0 Å². The van der Waals surface area contributed by atoms with Crippen LogP contribution in [0.1, 0.15) is 56.9 Å². The van der Waals surface area contributed by atoms with Gasteiger partial charge in [-0.1, -0.05) is 12.1 Å². The number of carbonyl (C=O) groups is 3. The summed E-state index contributed by atoms with van der Waals surface area (Å²) >= 11 is 0. The van der Waals surface area contributed by atoms with Crippen molar-refractivity contribution in [2.45, 2.75) is 57.6 Å². The number of hydrogen-bond acceptors (Lipinski definition) is 7. The number of carbonyl (C=O) groups excluding carboxylic acids is 3. The number of amides is 1. The van der Waals surface area contributed by atoms with Gasteiger partial charge in [0.15, 0.2) is 11.9 Å². The molecule has 0 aliphatic carbocycles. The van der Waals surface area contributed by atoms with E-state index in [-0.39, 0.29) is 42.7 Å². The van der Waals surface area contributed by atoms with Crippen molar-refractivity contribution in [1.82, 2.24) is 14.1 Å². The number of esters is 1. The van der Waals surface area contributed by atoms with E-state index in [9.17, 15) is 22.8 Å². The molecular weight excluding hydrogens is 460 g/mol. The van der Waals surface area contributed by atoms with Crippen molar-refractivity contribution in [2.75, 3.05) is 18.4 Å². The van der Waals surface area contributed by atoms with E-state index in [1.807, 2.05) is 13.8 Å². The van der Waals surface area contributed by atoms with Crippen LogP contribution in [0.25, 0.3) is 0 Å². The third kappa shape index (κ3) is 5.71. The summed E-state index contributed by atoms with van der Waals surface area (Å²) in [6.45, 7) is 7.08. The zero-order valence-corrected chi connectivity index (χ0v) is 20.5. The molecule has 1 aliphatic heterocycles. The quantitative estimate of drug-likeness (QED) is 0.445. The molecule has 184 valence electrons. The molecule has 2 heterocycles. The smallest absolute Gasteiger partial charge is 0.309 e. The number of ketones is 1. The first-order chi connectivity index (χ1) is 16.0. The molecule has 1 aromatic carbocycles. The summed E-state index contributed by atoms with van der Waals surface area (Å²) in [7, 11) is -3.73. The highest BCUT2D eigenvalue weighted by molar-refractivity contribution is 7.89. The fourth-order valence-corrected chi connectivity index (χ4v) is 5.19. The average Bonchev–Trinajstić information content (AvgIpc) is 3.27. The molecule has 3 rings (SSSR count). The van der Waals surface area contributed by atoms with Gasteiger partial charge in [0, 0.05) is 30.8 Å². The summed E-state index contributed by atoms with van der Waals surface area (Å²) in [5.74, 6) is -1.12. The van der Waals surface area contributed by atoms with E-state index in [1.54, 1.807) is 16.9 Å². The molecule has 2 aromatic rings. The summed E-state index contributed by atoms with van der Waals surface area (Å²) < 4.78 is 34.1. The third-order valence-corrected chi connectivity index (χ3v) is 7.67. The zero-order chi connectivity index (χ0) is 25.0. The second-order valence-corrected chi connectivity index (χ2v) is 10.5. The number of anilines is 1. The van der Waals surface area contributed by atoms with E-state index in [4.69, 9.17) is 4.74 Å². The van der Waals surface area contributed by atoms with Gasteiger partial charge in [0.05, 0.1) is 17.0 Å². The fraction of sp³-hybridized carbons (Fsp3) is 0.478. The summed E-state index contributed by atoms with van der Waals surface area (Å²) in [6, 6.07) is 7.52. The minimum absolute atomic E-state index is 0.0525. The Kier molecular flexibility index (Phi) is 7.88. The molecule has 0 radical (unpaired) electrons. The topological polar surface area (TPSA) is 128 Å². The molecular formula is C23H30N4O6S. The number of piperidine rings is 1. The molecule has 1 saturated heterocycles. The number of hydrogen-bond donors (Lipinski definition) is 1. The lowest BCUT2D eigenvalue weighted by molar-refractivity contribution is -0.158. The molecule has 1 aromatic heterocycles. The summed E-state index contributed by atoms with van der Waals surface area (Å²) in [4.78, 5) is 36.6. The molecule has 1 atom stereocenters. The standard InChI is InChI=1S/C23H30N4O6S/c1-15(2)27-21(9-12-24-27)25-22(29)17(4)33-23(30)19-10-13-26(14-11-19)34(31,32)20-7-5-18(6-8-20)16(3)28/h5-9,12,15,17,19H,10-11,13-14H2,1-4H3,(H,25,29). The van der Waals surface area contributed by atoms with Crippen molar-refractivity contribution in [1.29, 1.82) is 0 Å². The van der Waals surface area contributed by atoms with Crippen molar-refractivity contribution in [3.63, 3.8) is 0 Å². The maximum Gasteiger partial charge on any atom is 0.309 e. The molecule has 10 nitrogen and oxygen atoms in total. The lowest BCUT2D eigenvalue weighted by atomic mass is 9.98.